The lowest BCUT2D eigenvalue weighted by Crippen LogP contribution is -2.44. The highest BCUT2D eigenvalue weighted by molar-refractivity contribution is 5.81. The van der Waals surface area contributed by atoms with Gasteiger partial charge in [-0.05, 0) is 49.1 Å². The third kappa shape index (κ3) is 6.51. The number of likely N-dealkylation sites (tertiary alicyclic amines) is 1. The first-order valence-electron chi connectivity index (χ1n) is 11.7. The third-order valence-electron chi connectivity index (χ3n) is 6.48. The third-order valence-corrected chi connectivity index (χ3v) is 6.48. The summed E-state index contributed by atoms with van der Waals surface area (Å²) >= 11 is 0. The predicted octanol–water partition coefficient (Wildman–Crippen LogP) is 2.35. The monoisotopic (exact) mass is 437 g/mol. The topological polar surface area (TPSA) is 69.7 Å². The van der Waals surface area contributed by atoms with Gasteiger partial charge in [-0.1, -0.05) is 30.3 Å². The molecular formula is C25H35N5O2. The van der Waals surface area contributed by atoms with Crippen molar-refractivity contribution in [2.75, 3.05) is 51.3 Å². The molecule has 2 unspecified atom stereocenters. The predicted molar refractivity (Wildman–Crippen MR) is 126 cm³/mol. The van der Waals surface area contributed by atoms with E-state index >= 15 is 0 Å². The van der Waals surface area contributed by atoms with E-state index in [-0.39, 0.29) is 11.9 Å². The molecule has 2 N–H and O–H groups in total. The van der Waals surface area contributed by atoms with Crippen molar-refractivity contribution in [3.05, 3.63) is 59.8 Å². The van der Waals surface area contributed by atoms with Crippen molar-refractivity contribution >= 4 is 11.7 Å². The molecule has 172 valence electrons. The van der Waals surface area contributed by atoms with Crippen LogP contribution < -0.4 is 10.6 Å². The number of pyridine rings is 1. The van der Waals surface area contributed by atoms with Crippen LogP contribution in [0.2, 0.25) is 0 Å². The molecule has 4 rings (SSSR count). The van der Waals surface area contributed by atoms with E-state index in [1.165, 1.54) is 5.56 Å². The minimum absolute atomic E-state index is 0.0979. The Balaban J connectivity index is 1.17. The van der Waals surface area contributed by atoms with Crippen LogP contribution in [0.1, 0.15) is 24.5 Å². The van der Waals surface area contributed by atoms with Gasteiger partial charge in [0.15, 0.2) is 0 Å². The van der Waals surface area contributed by atoms with Crippen molar-refractivity contribution < 1.29 is 9.53 Å². The second-order valence-corrected chi connectivity index (χ2v) is 8.84. The van der Waals surface area contributed by atoms with E-state index in [1.807, 2.05) is 25.1 Å². The normalized spacial score (nSPS) is 20.7. The highest BCUT2D eigenvalue weighted by Gasteiger charge is 2.29. The molecule has 2 aliphatic heterocycles. The minimum Gasteiger partial charge on any atom is -0.379 e. The lowest BCUT2D eigenvalue weighted by Gasteiger charge is -2.26. The lowest BCUT2D eigenvalue weighted by atomic mass is 10.1. The quantitative estimate of drug-likeness (QED) is 0.628. The molecule has 7 heteroatoms. The lowest BCUT2D eigenvalue weighted by molar-refractivity contribution is -0.125. The van der Waals surface area contributed by atoms with Gasteiger partial charge in [-0.15, -0.1) is 0 Å². The number of benzene rings is 1. The fourth-order valence-electron chi connectivity index (χ4n) is 4.38. The summed E-state index contributed by atoms with van der Waals surface area (Å²) in [5, 5.41) is 6.52. The van der Waals surface area contributed by atoms with Gasteiger partial charge in [-0.25, -0.2) is 4.98 Å². The number of nitrogens with zero attached hydrogens (tertiary/aromatic N) is 3. The first-order chi connectivity index (χ1) is 15.7. The number of ether oxygens (including phenoxy) is 1. The fourth-order valence-corrected chi connectivity index (χ4v) is 4.38. The van der Waals surface area contributed by atoms with Gasteiger partial charge in [0.05, 0.1) is 19.3 Å². The van der Waals surface area contributed by atoms with Crippen LogP contribution in [0.3, 0.4) is 0 Å². The maximum Gasteiger partial charge on any atom is 0.237 e. The zero-order valence-corrected chi connectivity index (χ0v) is 19.0. The second-order valence-electron chi connectivity index (χ2n) is 8.84. The smallest absolute Gasteiger partial charge is 0.237 e. The minimum atomic E-state index is -0.115. The summed E-state index contributed by atoms with van der Waals surface area (Å²) < 4.78 is 5.41. The Labute approximate surface area is 191 Å². The van der Waals surface area contributed by atoms with E-state index in [1.54, 1.807) is 6.20 Å². The summed E-state index contributed by atoms with van der Waals surface area (Å²) in [6.45, 7) is 9.94. The summed E-state index contributed by atoms with van der Waals surface area (Å²) in [7, 11) is 0. The first-order valence-corrected chi connectivity index (χ1v) is 11.7. The van der Waals surface area contributed by atoms with Crippen LogP contribution in [0.4, 0.5) is 5.82 Å². The van der Waals surface area contributed by atoms with E-state index in [0.717, 1.165) is 70.3 Å². The Morgan fingerprint density at radius 2 is 1.91 bits per heavy atom. The number of hydrogen-bond donors (Lipinski definition) is 2. The van der Waals surface area contributed by atoms with Gasteiger partial charge < -0.3 is 15.4 Å². The molecule has 0 radical (unpaired) electrons. The molecule has 2 aromatic rings. The molecule has 0 saturated carbocycles. The van der Waals surface area contributed by atoms with Crippen LogP contribution >= 0.6 is 0 Å². The molecule has 0 aliphatic carbocycles. The number of amides is 1. The summed E-state index contributed by atoms with van der Waals surface area (Å²) in [5.41, 5.74) is 2.44. The van der Waals surface area contributed by atoms with E-state index in [9.17, 15) is 4.79 Å². The van der Waals surface area contributed by atoms with Crippen LogP contribution in [0, 0.1) is 5.92 Å². The van der Waals surface area contributed by atoms with Gasteiger partial charge in [-0.2, -0.15) is 0 Å². The van der Waals surface area contributed by atoms with Gasteiger partial charge in [0.25, 0.3) is 0 Å². The molecule has 0 spiro atoms. The molecule has 7 nitrogen and oxygen atoms in total. The van der Waals surface area contributed by atoms with Crippen LogP contribution in [-0.2, 0) is 22.6 Å². The van der Waals surface area contributed by atoms with E-state index in [2.05, 4.69) is 49.7 Å². The number of carbonyl (C=O) groups is 1. The number of anilines is 1. The average Bonchev–Trinajstić information content (AvgIpc) is 3.32. The van der Waals surface area contributed by atoms with E-state index < -0.39 is 0 Å². The van der Waals surface area contributed by atoms with Crippen molar-refractivity contribution in [3.63, 3.8) is 0 Å². The highest BCUT2D eigenvalue weighted by atomic mass is 16.5. The maximum absolute atomic E-state index is 12.7. The van der Waals surface area contributed by atoms with Crippen molar-refractivity contribution in [3.8, 4) is 0 Å². The zero-order chi connectivity index (χ0) is 22.2. The number of carbonyl (C=O) groups excluding carboxylic acids is 1. The standard InChI is InChI=1S/C25H35N5O2/c1-20(30-11-9-23(19-30)17-27-24-4-2-3-10-26-24)25(31)28-16-21-5-7-22(8-6-21)18-29-12-14-32-15-13-29/h2-8,10,20,23H,9,11-19H2,1H3,(H,26,27)(H,28,31). The second kappa shape index (κ2) is 11.4. The van der Waals surface area contributed by atoms with E-state index in [4.69, 9.17) is 4.74 Å². The molecule has 1 aromatic carbocycles. The van der Waals surface area contributed by atoms with Crippen molar-refractivity contribution in [2.45, 2.75) is 32.5 Å². The number of morpholine rings is 1. The Morgan fingerprint density at radius 1 is 1.12 bits per heavy atom. The molecule has 32 heavy (non-hydrogen) atoms. The molecular weight excluding hydrogens is 402 g/mol. The SMILES string of the molecule is CC(C(=O)NCc1ccc(CN2CCOCC2)cc1)N1CCC(CNc2ccccn2)C1. The molecule has 0 bridgehead atoms. The van der Waals surface area contributed by atoms with Crippen LogP contribution in [-0.4, -0.2) is 72.7 Å². The first kappa shape index (κ1) is 22.7. The number of rotatable bonds is 9. The van der Waals surface area contributed by atoms with Gasteiger partial charge in [0, 0.05) is 45.5 Å². The maximum atomic E-state index is 12.7. The summed E-state index contributed by atoms with van der Waals surface area (Å²) in [6, 6.07) is 14.3. The Kier molecular flexibility index (Phi) is 8.09. The molecule has 2 saturated heterocycles. The molecule has 2 aliphatic rings. The van der Waals surface area contributed by atoms with Crippen LogP contribution in [0.15, 0.2) is 48.7 Å². The highest BCUT2D eigenvalue weighted by Crippen LogP contribution is 2.19. The summed E-state index contributed by atoms with van der Waals surface area (Å²) in [4.78, 5) is 21.7. The van der Waals surface area contributed by atoms with Gasteiger partial charge >= 0.3 is 0 Å². The van der Waals surface area contributed by atoms with Crippen LogP contribution in [0.5, 0.6) is 0 Å². The summed E-state index contributed by atoms with van der Waals surface area (Å²) in [5.74, 6) is 1.54. The molecule has 2 fully saturated rings. The number of hydrogen-bond acceptors (Lipinski definition) is 6. The number of aromatic nitrogens is 1. The molecule has 1 amide bonds. The van der Waals surface area contributed by atoms with Gasteiger partial charge in [0.1, 0.15) is 5.82 Å². The Morgan fingerprint density at radius 3 is 2.66 bits per heavy atom. The van der Waals surface area contributed by atoms with Gasteiger partial charge in [-0.3, -0.25) is 14.6 Å². The molecule has 3 heterocycles. The number of nitrogens with one attached hydrogen (secondary N) is 2. The Bertz CT molecular complexity index is 839. The Hall–Kier alpha value is -2.48. The van der Waals surface area contributed by atoms with E-state index in [0.29, 0.717) is 12.5 Å². The summed E-state index contributed by atoms with van der Waals surface area (Å²) in [6.07, 6.45) is 2.90. The van der Waals surface area contributed by atoms with Gasteiger partial charge in [0.2, 0.25) is 5.91 Å². The van der Waals surface area contributed by atoms with Crippen molar-refractivity contribution in [1.82, 2.24) is 20.1 Å². The fraction of sp³-hybridized carbons (Fsp3) is 0.520. The zero-order valence-electron chi connectivity index (χ0n) is 19.0. The largest absolute Gasteiger partial charge is 0.379 e. The molecule has 1 aromatic heterocycles. The van der Waals surface area contributed by atoms with Crippen molar-refractivity contribution in [2.24, 2.45) is 5.92 Å². The van der Waals surface area contributed by atoms with Crippen LogP contribution in [0.25, 0.3) is 0 Å². The molecule has 2 atom stereocenters. The van der Waals surface area contributed by atoms with Crippen molar-refractivity contribution in [1.29, 1.82) is 0 Å². The average molecular weight is 438 g/mol.